The van der Waals surface area contributed by atoms with Gasteiger partial charge in [0.25, 0.3) is 0 Å². The van der Waals surface area contributed by atoms with Crippen molar-refractivity contribution in [1.82, 2.24) is 15.3 Å². The van der Waals surface area contributed by atoms with Crippen molar-refractivity contribution in [3.63, 3.8) is 0 Å². The van der Waals surface area contributed by atoms with Crippen LogP contribution in [0.1, 0.15) is 43.6 Å². The zero-order valence-corrected chi connectivity index (χ0v) is 13.4. The Balaban J connectivity index is 1.75. The summed E-state index contributed by atoms with van der Waals surface area (Å²) in [5.41, 5.74) is 2.95. The molecule has 4 heteroatoms. The van der Waals surface area contributed by atoms with Gasteiger partial charge in [0, 0.05) is 0 Å². The molecule has 0 aliphatic heterocycles. The number of benzene rings is 2. The monoisotopic (exact) mass is 307 g/mol. The van der Waals surface area contributed by atoms with Gasteiger partial charge in [-0.1, -0.05) is 49.4 Å². The Kier molecular flexibility index (Phi) is 4.42. The Hall–Kier alpha value is -2.62. The van der Waals surface area contributed by atoms with E-state index in [9.17, 15) is 4.79 Å². The summed E-state index contributed by atoms with van der Waals surface area (Å²) in [6.07, 6.45) is 0.767. The van der Waals surface area contributed by atoms with E-state index in [1.807, 2.05) is 68.4 Å². The molecule has 0 saturated heterocycles. The number of H-pyrrole nitrogens is 1. The van der Waals surface area contributed by atoms with Crippen molar-refractivity contribution < 1.29 is 4.79 Å². The summed E-state index contributed by atoms with van der Waals surface area (Å²) in [6, 6.07) is 17.6. The molecule has 0 aliphatic rings. The summed E-state index contributed by atoms with van der Waals surface area (Å²) in [4.78, 5) is 20.4. The predicted octanol–water partition coefficient (Wildman–Crippen LogP) is 3.93. The molecule has 1 aromatic heterocycles. The largest absolute Gasteiger partial charge is 0.346 e. The fourth-order valence-corrected chi connectivity index (χ4v) is 2.82. The number of fused-ring (bicyclic) bond motifs is 1. The van der Waals surface area contributed by atoms with Crippen molar-refractivity contribution in [2.75, 3.05) is 0 Å². The lowest BCUT2D eigenvalue weighted by atomic mass is 9.95. The highest BCUT2D eigenvalue weighted by Gasteiger charge is 2.21. The van der Waals surface area contributed by atoms with Crippen LogP contribution in [0.15, 0.2) is 54.6 Å². The Morgan fingerprint density at radius 1 is 1.13 bits per heavy atom. The molecule has 2 aromatic carbocycles. The van der Waals surface area contributed by atoms with Crippen molar-refractivity contribution in [3.05, 3.63) is 66.0 Å². The zero-order valence-electron chi connectivity index (χ0n) is 13.4. The first kappa shape index (κ1) is 15.3. The second kappa shape index (κ2) is 6.65. The summed E-state index contributed by atoms with van der Waals surface area (Å²) >= 11 is 0. The molecule has 0 fully saturated rings. The van der Waals surface area contributed by atoms with Gasteiger partial charge < -0.3 is 10.3 Å². The minimum absolute atomic E-state index is 0.0339. The van der Waals surface area contributed by atoms with E-state index in [4.69, 9.17) is 0 Å². The van der Waals surface area contributed by atoms with Gasteiger partial charge in [0.1, 0.15) is 5.82 Å². The molecule has 0 spiro atoms. The van der Waals surface area contributed by atoms with Gasteiger partial charge in [-0.2, -0.15) is 0 Å². The molecule has 0 bridgehead atoms. The van der Waals surface area contributed by atoms with Crippen molar-refractivity contribution in [3.8, 4) is 0 Å². The quantitative estimate of drug-likeness (QED) is 0.750. The summed E-state index contributed by atoms with van der Waals surface area (Å²) in [5.74, 6) is 0.678. The van der Waals surface area contributed by atoms with Crippen LogP contribution in [0.5, 0.6) is 0 Å². The van der Waals surface area contributed by atoms with Crippen LogP contribution in [-0.4, -0.2) is 15.9 Å². The van der Waals surface area contributed by atoms with Gasteiger partial charge in [-0.05, 0) is 31.0 Å². The zero-order chi connectivity index (χ0) is 16.2. The second-order valence-corrected chi connectivity index (χ2v) is 5.74. The number of nitrogens with zero attached hydrogens (tertiary/aromatic N) is 1. The average molecular weight is 307 g/mol. The van der Waals surface area contributed by atoms with E-state index in [0.29, 0.717) is 0 Å². The van der Waals surface area contributed by atoms with E-state index in [1.54, 1.807) is 0 Å². The summed E-state index contributed by atoms with van der Waals surface area (Å²) in [7, 11) is 0. The Labute approximate surface area is 136 Å². The summed E-state index contributed by atoms with van der Waals surface area (Å²) in [6.45, 7) is 3.98. The molecule has 3 aromatic rings. The highest BCUT2D eigenvalue weighted by atomic mass is 16.1. The number of imidazole rings is 1. The van der Waals surface area contributed by atoms with Crippen LogP contribution in [-0.2, 0) is 4.79 Å². The summed E-state index contributed by atoms with van der Waals surface area (Å²) < 4.78 is 0. The second-order valence-electron chi connectivity index (χ2n) is 5.74. The van der Waals surface area contributed by atoms with Crippen LogP contribution in [0.2, 0.25) is 0 Å². The van der Waals surface area contributed by atoms with Crippen molar-refractivity contribution in [2.45, 2.75) is 32.2 Å². The molecule has 0 aliphatic carbocycles. The van der Waals surface area contributed by atoms with E-state index in [-0.39, 0.29) is 17.9 Å². The minimum Gasteiger partial charge on any atom is -0.346 e. The third-order valence-electron chi connectivity index (χ3n) is 4.10. The molecule has 118 valence electrons. The Morgan fingerprint density at radius 3 is 2.52 bits per heavy atom. The summed E-state index contributed by atoms with van der Waals surface area (Å²) in [5, 5.41) is 3.07. The molecule has 1 heterocycles. The number of carbonyl (C=O) groups excluding carboxylic acids is 1. The SMILES string of the molecule is CC[C@@H](C(=O)N[C@@H](C)c1nc2ccccc2[nH]1)c1ccccc1. The number of hydrogen-bond donors (Lipinski definition) is 2. The van der Waals surface area contributed by atoms with Crippen LogP contribution in [0.4, 0.5) is 0 Å². The number of carbonyl (C=O) groups is 1. The third-order valence-corrected chi connectivity index (χ3v) is 4.10. The van der Waals surface area contributed by atoms with E-state index in [0.717, 1.165) is 28.8 Å². The molecule has 0 unspecified atom stereocenters. The number of nitrogens with one attached hydrogen (secondary N) is 2. The average Bonchev–Trinajstić information content (AvgIpc) is 3.01. The van der Waals surface area contributed by atoms with Crippen LogP contribution in [0.3, 0.4) is 0 Å². The fourth-order valence-electron chi connectivity index (χ4n) is 2.82. The maximum Gasteiger partial charge on any atom is 0.228 e. The third kappa shape index (κ3) is 3.26. The predicted molar refractivity (Wildman–Crippen MR) is 92.1 cm³/mol. The lowest BCUT2D eigenvalue weighted by Gasteiger charge is -2.18. The van der Waals surface area contributed by atoms with E-state index in [2.05, 4.69) is 15.3 Å². The van der Waals surface area contributed by atoms with Gasteiger partial charge in [-0.15, -0.1) is 0 Å². The van der Waals surface area contributed by atoms with Crippen molar-refractivity contribution in [2.24, 2.45) is 0 Å². The standard InChI is InChI=1S/C19H21N3O/c1-3-15(14-9-5-4-6-10-14)19(23)20-13(2)18-21-16-11-7-8-12-17(16)22-18/h4-13,15H,3H2,1-2H3,(H,20,23)(H,21,22)/t13-,15+/m0/s1. The van der Waals surface area contributed by atoms with Gasteiger partial charge >= 0.3 is 0 Å². The van der Waals surface area contributed by atoms with Crippen LogP contribution in [0, 0.1) is 0 Å². The molecular formula is C19H21N3O. The van der Waals surface area contributed by atoms with E-state index in [1.165, 1.54) is 0 Å². The smallest absolute Gasteiger partial charge is 0.228 e. The molecule has 1 amide bonds. The highest BCUT2D eigenvalue weighted by molar-refractivity contribution is 5.84. The number of aromatic nitrogens is 2. The van der Waals surface area contributed by atoms with Gasteiger partial charge in [0.2, 0.25) is 5.91 Å². The first-order valence-corrected chi connectivity index (χ1v) is 7.99. The van der Waals surface area contributed by atoms with Crippen LogP contribution in [0.25, 0.3) is 11.0 Å². The topological polar surface area (TPSA) is 57.8 Å². The fraction of sp³-hybridized carbons (Fsp3) is 0.263. The molecule has 4 nitrogen and oxygen atoms in total. The lowest BCUT2D eigenvalue weighted by molar-refractivity contribution is -0.123. The Morgan fingerprint density at radius 2 is 1.83 bits per heavy atom. The minimum atomic E-state index is -0.160. The van der Waals surface area contributed by atoms with Crippen LogP contribution >= 0.6 is 0 Å². The molecule has 0 saturated carbocycles. The number of amides is 1. The number of para-hydroxylation sites is 2. The number of aromatic amines is 1. The maximum absolute atomic E-state index is 12.6. The first-order valence-electron chi connectivity index (χ1n) is 7.99. The Bertz CT molecular complexity index is 761. The number of hydrogen-bond acceptors (Lipinski definition) is 2. The molecule has 2 atom stereocenters. The van der Waals surface area contributed by atoms with Gasteiger partial charge in [0.15, 0.2) is 0 Å². The molecule has 0 radical (unpaired) electrons. The van der Waals surface area contributed by atoms with E-state index >= 15 is 0 Å². The lowest BCUT2D eigenvalue weighted by Crippen LogP contribution is -2.32. The van der Waals surface area contributed by atoms with Gasteiger partial charge in [0.05, 0.1) is 23.0 Å². The maximum atomic E-state index is 12.6. The van der Waals surface area contributed by atoms with Gasteiger partial charge in [-0.3, -0.25) is 4.79 Å². The van der Waals surface area contributed by atoms with Gasteiger partial charge in [-0.25, -0.2) is 4.98 Å². The molecule has 3 rings (SSSR count). The van der Waals surface area contributed by atoms with Crippen LogP contribution < -0.4 is 5.32 Å². The molecular weight excluding hydrogens is 286 g/mol. The first-order chi connectivity index (χ1) is 11.2. The normalized spacial score (nSPS) is 13.7. The molecule has 23 heavy (non-hydrogen) atoms. The van der Waals surface area contributed by atoms with E-state index < -0.39 is 0 Å². The molecule has 2 N–H and O–H groups in total. The van der Waals surface area contributed by atoms with Crippen molar-refractivity contribution in [1.29, 1.82) is 0 Å². The highest BCUT2D eigenvalue weighted by Crippen LogP contribution is 2.21. The van der Waals surface area contributed by atoms with Crippen molar-refractivity contribution >= 4 is 16.9 Å². The number of rotatable bonds is 5.